The third kappa shape index (κ3) is 4.68. The largest absolute Gasteiger partial charge is 0.508 e. The van der Waals surface area contributed by atoms with Crippen molar-refractivity contribution in [2.45, 2.75) is 57.4 Å². The predicted octanol–water partition coefficient (Wildman–Crippen LogP) is 6.69. The number of terminal acetylenes is 1. The topological polar surface area (TPSA) is 74.6 Å². The second-order valence-corrected chi connectivity index (χ2v) is 13.8. The maximum Gasteiger partial charge on any atom is 0.319 e. The van der Waals surface area contributed by atoms with Crippen LogP contribution >= 0.6 is 0 Å². The van der Waals surface area contributed by atoms with Gasteiger partial charge in [0.05, 0.1) is 17.6 Å². The highest BCUT2D eigenvalue weighted by atomic mass is 19.1. The van der Waals surface area contributed by atoms with Crippen LogP contribution in [-0.2, 0) is 0 Å². The molecule has 0 spiro atoms. The number of fused-ring (bicyclic) bond motifs is 5. The second-order valence-electron chi connectivity index (χ2n) is 13.8. The van der Waals surface area contributed by atoms with Crippen LogP contribution in [0.25, 0.3) is 32.9 Å². The summed E-state index contributed by atoms with van der Waals surface area (Å²) in [5.74, 6) is 2.83. The highest BCUT2D eigenvalue weighted by molar-refractivity contribution is 6.03. The van der Waals surface area contributed by atoms with Gasteiger partial charge in [-0.05, 0) is 94.0 Å². The number of hydrogen-bond acceptors (Lipinski definition) is 7. The Labute approximate surface area is 261 Å². The summed E-state index contributed by atoms with van der Waals surface area (Å²) in [4.78, 5) is 18.9. The second kappa shape index (κ2) is 10.8. The molecule has 1 N–H and O–H groups in total. The molecule has 2 aliphatic carbocycles. The minimum Gasteiger partial charge on any atom is -0.508 e. The van der Waals surface area contributed by atoms with Gasteiger partial charge < -0.3 is 19.6 Å². The number of hydrogen-bond donors (Lipinski definition) is 1. The van der Waals surface area contributed by atoms with Crippen molar-refractivity contribution < 1.29 is 18.6 Å². The number of piperidine rings is 2. The molecular formula is C36H37F2N5O2. The van der Waals surface area contributed by atoms with Gasteiger partial charge >= 0.3 is 6.01 Å². The first-order chi connectivity index (χ1) is 21.8. The van der Waals surface area contributed by atoms with E-state index in [9.17, 15) is 9.50 Å². The molecule has 4 aromatic rings. The number of phenols is 1. The van der Waals surface area contributed by atoms with Crippen molar-refractivity contribution in [3.8, 4) is 35.4 Å². The number of anilines is 1. The van der Waals surface area contributed by atoms with Crippen molar-refractivity contribution >= 4 is 27.5 Å². The Morgan fingerprint density at radius 2 is 1.89 bits per heavy atom. The number of phenolic OH excluding ortho intramolecular Hbond substituents is 1. The standard InChI is InChI=1S/C36H37F2N5O2/c1-3-25-28(37)10-9-23-15-24(44)16-26(30(23)25)32-31(38)33-27(17-39-32)34(43-18-21-7-8-22(14-21)19-43)41-35(40-33)45-20-36-11-4-6-29(36)42(2)13-5-12-36/h1,9-10,15-17,21-22,29,44H,4-8,11-14,18-20H2,2H3. The number of aromatic hydroxyl groups is 1. The summed E-state index contributed by atoms with van der Waals surface area (Å²) in [6.45, 7) is 3.28. The maximum atomic E-state index is 16.8. The molecule has 2 saturated heterocycles. The van der Waals surface area contributed by atoms with Gasteiger partial charge in [-0.2, -0.15) is 9.97 Å². The number of aromatic nitrogens is 3. The Balaban J connectivity index is 1.27. The van der Waals surface area contributed by atoms with Crippen molar-refractivity contribution in [2.24, 2.45) is 17.3 Å². The van der Waals surface area contributed by atoms with Crippen molar-refractivity contribution in [1.29, 1.82) is 0 Å². The lowest BCUT2D eigenvalue weighted by molar-refractivity contribution is 0.0133. The number of nitrogens with zero attached hydrogens (tertiary/aromatic N) is 5. The van der Waals surface area contributed by atoms with Crippen LogP contribution in [0.2, 0.25) is 0 Å². The average Bonchev–Trinajstić information content (AvgIpc) is 3.63. The Hall–Kier alpha value is -4.03. The Morgan fingerprint density at radius 3 is 2.69 bits per heavy atom. The molecular weight excluding hydrogens is 572 g/mol. The molecule has 2 aromatic carbocycles. The van der Waals surface area contributed by atoms with E-state index in [2.05, 4.69) is 32.7 Å². The van der Waals surface area contributed by atoms with Crippen molar-refractivity contribution in [2.75, 3.05) is 38.2 Å². The molecule has 0 radical (unpaired) electrons. The van der Waals surface area contributed by atoms with Gasteiger partial charge in [0.2, 0.25) is 0 Å². The van der Waals surface area contributed by atoms with Crippen molar-refractivity contribution in [3.63, 3.8) is 0 Å². The van der Waals surface area contributed by atoms with E-state index in [0.717, 1.165) is 45.3 Å². The fraction of sp³-hybridized carbons (Fsp3) is 0.472. The van der Waals surface area contributed by atoms with E-state index in [0.29, 0.717) is 46.5 Å². The quantitative estimate of drug-likeness (QED) is 0.253. The van der Waals surface area contributed by atoms with Crippen LogP contribution < -0.4 is 9.64 Å². The van der Waals surface area contributed by atoms with E-state index in [4.69, 9.17) is 16.1 Å². The van der Waals surface area contributed by atoms with Crippen LogP contribution in [0.1, 0.15) is 56.9 Å². The Morgan fingerprint density at radius 1 is 1.09 bits per heavy atom. The highest BCUT2D eigenvalue weighted by Gasteiger charge is 2.47. The zero-order valence-corrected chi connectivity index (χ0v) is 25.5. The average molecular weight is 610 g/mol. The van der Waals surface area contributed by atoms with E-state index >= 15 is 4.39 Å². The third-order valence-corrected chi connectivity index (χ3v) is 11.1. The zero-order chi connectivity index (χ0) is 30.9. The van der Waals surface area contributed by atoms with E-state index in [1.165, 1.54) is 49.9 Å². The summed E-state index contributed by atoms with van der Waals surface area (Å²) in [6, 6.07) is 6.24. The Kier molecular flexibility index (Phi) is 6.83. The summed E-state index contributed by atoms with van der Waals surface area (Å²) in [7, 11) is 2.20. The number of halogens is 2. The van der Waals surface area contributed by atoms with Crippen molar-refractivity contribution in [1.82, 2.24) is 19.9 Å². The van der Waals surface area contributed by atoms with Crippen molar-refractivity contribution in [3.05, 3.63) is 47.7 Å². The summed E-state index contributed by atoms with van der Waals surface area (Å²) < 4.78 is 38.2. The molecule has 4 fully saturated rings. The summed E-state index contributed by atoms with van der Waals surface area (Å²) in [5, 5.41) is 11.9. The lowest BCUT2D eigenvalue weighted by Gasteiger charge is -2.44. The number of pyridine rings is 1. The molecule has 9 heteroatoms. The Bertz CT molecular complexity index is 1860. The highest BCUT2D eigenvalue weighted by Crippen LogP contribution is 2.48. The smallest absolute Gasteiger partial charge is 0.319 e. The van der Waals surface area contributed by atoms with Gasteiger partial charge in [-0.25, -0.2) is 8.78 Å². The normalized spacial score (nSPS) is 26.4. The first kappa shape index (κ1) is 28.4. The molecule has 8 rings (SSSR count). The van der Waals surface area contributed by atoms with Gasteiger partial charge in [-0.3, -0.25) is 4.98 Å². The fourth-order valence-corrected chi connectivity index (χ4v) is 9.03. The maximum absolute atomic E-state index is 16.8. The van der Waals surface area contributed by atoms with Gasteiger partial charge in [-0.1, -0.05) is 18.4 Å². The summed E-state index contributed by atoms with van der Waals surface area (Å²) in [6.07, 6.45) is 16.5. The molecule has 0 amide bonds. The number of benzene rings is 2. The molecule has 45 heavy (non-hydrogen) atoms. The lowest BCUT2D eigenvalue weighted by Crippen LogP contribution is -2.50. The van der Waals surface area contributed by atoms with Crippen LogP contribution in [0.15, 0.2) is 30.5 Å². The summed E-state index contributed by atoms with van der Waals surface area (Å²) >= 11 is 0. The van der Waals surface area contributed by atoms with Crippen LogP contribution in [0, 0.1) is 41.2 Å². The molecule has 7 nitrogen and oxygen atoms in total. The van der Waals surface area contributed by atoms with Crippen LogP contribution in [0.5, 0.6) is 11.8 Å². The molecule has 4 atom stereocenters. The predicted molar refractivity (Wildman–Crippen MR) is 170 cm³/mol. The summed E-state index contributed by atoms with van der Waals surface area (Å²) in [5.41, 5.74) is 0.252. The lowest BCUT2D eigenvalue weighted by atomic mass is 9.76. The third-order valence-electron chi connectivity index (χ3n) is 11.1. The molecule has 2 bridgehead atoms. The van der Waals surface area contributed by atoms with Gasteiger partial charge in [0, 0.05) is 41.7 Å². The van der Waals surface area contributed by atoms with Crippen LogP contribution in [-0.4, -0.2) is 64.3 Å². The molecule has 4 unspecified atom stereocenters. The van der Waals surface area contributed by atoms with Gasteiger partial charge in [-0.15, -0.1) is 6.42 Å². The van der Waals surface area contributed by atoms with E-state index in [-0.39, 0.29) is 39.5 Å². The molecule has 232 valence electrons. The molecule has 4 heterocycles. The minimum absolute atomic E-state index is 0.0113. The molecule has 2 saturated carbocycles. The number of rotatable bonds is 5. The van der Waals surface area contributed by atoms with Gasteiger partial charge in [0.1, 0.15) is 28.6 Å². The van der Waals surface area contributed by atoms with Gasteiger partial charge in [0.25, 0.3) is 0 Å². The van der Waals surface area contributed by atoms with E-state index in [1.54, 1.807) is 6.20 Å². The van der Waals surface area contributed by atoms with Crippen LogP contribution in [0.3, 0.4) is 0 Å². The van der Waals surface area contributed by atoms with E-state index in [1.807, 2.05) is 0 Å². The minimum atomic E-state index is -0.686. The fourth-order valence-electron chi connectivity index (χ4n) is 9.03. The van der Waals surface area contributed by atoms with E-state index < -0.39 is 11.6 Å². The number of likely N-dealkylation sites (tertiary alicyclic amines) is 1. The SMILES string of the molecule is C#Cc1c(F)ccc2cc(O)cc(-c3ncc4c(N5CC6CCC(C6)C5)nc(OCC56CCCC5N(C)CCC6)nc4c3F)c12. The first-order valence-corrected chi connectivity index (χ1v) is 16.2. The zero-order valence-electron chi connectivity index (χ0n) is 25.5. The molecule has 2 aliphatic heterocycles. The van der Waals surface area contributed by atoms with Crippen LogP contribution in [0.4, 0.5) is 14.6 Å². The monoisotopic (exact) mass is 609 g/mol. The van der Waals surface area contributed by atoms with Gasteiger partial charge in [0.15, 0.2) is 5.82 Å². The first-order valence-electron chi connectivity index (χ1n) is 16.2. The molecule has 4 aliphatic rings. The molecule has 2 aromatic heterocycles. The number of ether oxygens (including phenoxy) is 1.